The minimum atomic E-state index is 0.626. The average molecular weight is 159 g/mol. The Morgan fingerprint density at radius 3 is 2.30 bits per heavy atom. The highest BCUT2D eigenvalue weighted by Crippen LogP contribution is 1.86. The SMILES string of the molecule is CNC(=S)N(C)N=C(C)C. The highest BCUT2D eigenvalue weighted by Gasteiger charge is 1.96. The molecule has 10 heavy (non-hydrogen) atoms. The Labute approximate surface area is 67.1 Å². The van der Waals surface area contributed by atoms with Gasteiger partial charge in [-0.3, -0.25) is 0 Å². The number of rotatable bonds is 1. The highest BCUT2D eigenvalue weighted by atomic mass is 32.1. The lowest BCUT2D eigenvalue weighted by molar-refractivity contribution is 0.536. The lowest BCUT2D eigenvalue weighted by Crippen LogP contribution is -2.31. The molecule has 0 aromatic rings. The van der Waals surface area contributed by atoms with E-state index < -0.39 is 0 Å². The van der Waals surface area contributed by atoms with E-state index in [1.165, 1.54) is 0 Å². The maximum absolute atomic E-state index is 4.90. The molecule has 0 aromatic carbocycles. The highest BCUT2D eigenvalue weighted by molar-refractivity contribution is 7.80. The van der Waals surface area contributed by atoms with E-state index in [0.717, 1.165) is 5.71 Å². The first-order valence-corrected chi connectivity index (χ1v) is 3.46. The standard InChI is InChI=1S/C6H13N3S/c1-5(2)8-9(4)6(10)7-3/h1-4H3,(H,7,10). The molecule has 0 aliphatic carbocycles. The van der Waals surface area contributed by atoms with E-state index in [1.54, 1.807) is 12.1 Å². The summed E-state index contributed by atoms with van der Waals surface area (Å²) in [5.41, 5.74) is 0.986. The molecule has 0 rings (SSSR count). The summed E-state index contributed by atoms with van der Waals surface area (Å²) in [6, 6.07) is 0. The van der Waals surface area contributed by atoms with Crippen LogP contribution in [0, 0.1) is 0 Å². The van der Waals surface area contributed by atoms with Gasteiger partial charge in [-0.25, -0.2) is 5.01 Å². The van der Waals surface area contributed by atoms with Crippen molar-refractivity contribution in [1.29, 1.82) is 0 Å². The van der Waals surface area contributed by atoms with Gasteiger partial charge in [-0.05, 0) is 26.1 Å². The first-order valence-electron chi connectivity index (χ1n) is 3.05. The molecule has 0 spiro atoms. The molecular formula is C6H13N3S. The predicted molar refractivity (Wildman–Crippen MR) is 48.2 cm³/mol. The van der Waals surface area contributed by atoms with Crippen LogP contribution in [-0.2, 0) is 0 Å². The Kier molecular flexibility index (Phi) is 3.95. The topological polar surface area (TPSA) is 27.6 Å². The van der Waals surface area contributed by atoms with Crippen molar-refractivity contribution in [3.05, 3.63) is 0 Å². The zero-order valence-corrected chi connectivity index (χ0v) is 7.62. The van der Waals surface area contributed by atoms with Gasteiger partial charge in [0.2, 0.25) is 0 Å². The quantitative estimate of drug-likeness (QED) is 0.349. The predicted octanol–water partition coefficient (Wildman–Crippen LogP) is 0.818. The molecule has 0 atom stereocenters. The van der Waals surface area contributed by atoms with Crippen molar-refractivity contribution in [3.63, 3.8) is 0 Å². The molecule has 0 radical (unpaired) electrons. The van der Waals surface area contributed by atoms with Gasteiger partial charge in [0.25, 0.3) is 0 Å². The number of nitrogens with one attached hydrogen (secondary N) is 1. The summed E-state index contributed by atoms with van der Waals surface area (Å²) < 4.78 is 0. The third-order valence-corrected chi connectivity index (χ3v) is 1.33. The summed E-state index contributed by atoms with van der Waals surface area (Å²) in [5.74, 6) is 0. The maximum atomic E-state index is 4.90. The van der Waals surface area contributed by atoms with Gasteiger partial charge in [0.05, 0.1) is 0 Å². The summed E-state index contributed by atoms with van der Waals surface area (Å²) in [6.45, 7) is 3.85. The Hall–Kier alpha value is -0.640. The van der Waals surface area contributed by atoms with Gasteiger partial charge in [-0.15, -0.1) is 0 Å². The van der Waals surface area contributed by atoms with Crippen molar-refractivity contribution in [1.82, 2.24) is 10.3 Å². The first kappa shape index (κ1) is 9.36. The molecular weight excluding hydrogens is 146 g/mol. The summed E-state index contributed by atoms with van der Waals surface area (Å²) >= 11 is 4.90. The Morgan fingerprint density at radius 1 is 1.50 bits per heavy atom. The third kappa shape index (κ3) is 3.40. The molecule has 0 amide bonds. The molecule has 1 N–H and O–H groups in total. The number of hydrogen-bond donors (Lipinski definition) is 1. The minimum absolute atomic E-state index is 0.626. The summed E-state index contributed by atoms with van der Waals surface area (Å²) in [5, 5.41) is 9.17. The number of hydrazone groups is 1. The number of thiocarbonyl (C=S) groups is 1. The van der Waals surface area contributed by atoms with Crippen LogP contribution in [-0.4, -0.2) is 29.9 Å². The van der Waals surface area contributed by atoms with E-state index in [-0.39, 0.29) is 0 Å². The zero-order valence-electron chi connectivity index (χ0n) is 6.80. The van der Waals surface area contributed by atoms with E-state index in [2.05, 4.69) is 10.4 Å². The van der Waals surface area contributed by atoms with E-state index in [9.17, 15) is 0 Å². The molecule has 0 saturated carbocycles. The van der Waals surface area contributed by atoms with E-state index >= 15 is 0 Å². The molecule has 3 nitrogen and oxygen atoms in total. The minimum Gasteiger partial charge on any atom is -0.364 e. The molecule has 0 heterocycles. The molecule has 0 saturated heterocycles. The van der Waals surface area contributed by atoms with Crippen LogP contribution in [0.25, 0.3) is 0 Å². The van der Waals surface area contributed by atoms with Crippen LogP contribution in [0.2, 0.25) is 0 Å². The van der Waals surface area contributed by atoms with Crippen LogP contribution >= 0.6 is 12.2 Å². The van der Waals surface area contributed by atoms with Crippen LogP contribution in [0.4, 0.5) is 0 Å². The second-order valence-electron chi connectivity index (χ2n) is 2.13. The van der Waals surface area contributed by atoms with Crippen molar-refractivity contribution >= 4 is 23.0 Å². The molecule has 58 valence electrons. The van der Waals surface area contributed by atoms with Gasteiger partial charge >= 0.3 is 0 Å². The van der Waals surface area contributed by atoms with Gasteiger partial charge in [0.1, 0.15) is 0 Å². The van der Waals surface area contributed by atoms with Crippen LogP contribution < -0.4 is 5.32 Å². The van der Waals surface area contributed by atoms with Gasteiger partial charge in [0.15, 0.2) is 5.11 Å². The molecule has 0 bridgehead atoms. The van der Waals surface area contributed by atoms with Crippen molar-refractivity contribution < 1.29 is 0 Å². The normalized spacial score (nSPS) is 8.40. The van der Waals surface area contributed by atoms with Gasteiger partial charge < -0.3 is 5.32 Å². The van der Waals surface area contributed by atoms with Gasteiger partial charge in [0, 0.05) is 19.8 Å². The summed E-state index contributed by atoms with van der Waals surface area (Å²) in [6.07, 6.45) is 0. The lowest BCUT2D eigenvalue weighted by atomic mass is 10.5. The Morgan fingerprint density at radius 2 is 2.00 bits per heavy atom. The monoisotopic (exact) mass is 159 g/mol. The van der Waals surface area contributed by atoms with E-state index in [4.69, 9.17) is 12.2 Å². The van der Waals surface area contributed by atoms with Crippen LogP contribution in [0.3, 0.4) is 0 Å². The van der Waals surface area contributed by atoms with Crippen molar-refractivity contribution in [2.45, 2.75) is 13.8 Å². The second-order valence-corrected chi connectivity index (χ2v) is 2.51. The summed E-state index contributed by atoms with van der Waals surface area (Å²) in [4.78, 5) is 0. The Balaban J connectivity index is 3.96. The second kappa shape index (κ2) is 4.22. The maximum Gasteiger partial charge on any atom is 0.189 e. The van der Waals surface area contributed by atoms with Crippen LogP contribution in [0.15, 0.2) is 5.10 Å². The molecule has 4 heteroatoms. The molecule has 0 aliphatic rings. The lowest BCUT2D eigenvalue weighted by Gasteiger charge is -2.13. The average Bonchev–Trinajstić information content (AvgIpc) is 1.85. The largest absolute Gasteiger partial charge is 0.364 e. The number of nitrogens with zero attached hydrogens (tertiary/aromatic N) is 2. The Bertz CT molecular complexity index is 149. The first-order chi connectivity index (χ1) is 4.57. The molecule has 0 aromatic heterocycles. The molecule has 0 aliphatic heterocycles. The van der Waals surface area contributed by atoms with Gasteiger partial charge in [-0.2, -0.15) is 5.10 Å². The van der Waals surface area contributed by atoms with E-state index in [1.807, 2.05) is 20.9 Å². The third-order valence-electron chi connectivity index (χ3n) is 0.858. The van der Waals surface area contributed by atoms with Gasteiger partial charge in [-0.1, -0.05) is 0 Å². The molecule has 0 fully saturated rings. The van der Waals surface area contributed by atoms with E-state index in [0.29, 0.717) is 5.11 Å². The fraction of sp³-hybridized carbons (Fsp3) is 0.667. The van der Waals surface area contributed by atoms with Crippen molar-refractivity contribution in [2.75, 3.05) is 14.1 Å². The van der Waals surface area contributed by atoms with Crippen molar-refractivity contribution in [3.8, 4) is 0 Å². The van der Waals surface area contributed by atoms with Crippen LogP contribution in [0.5, 0.6) is 0 Å². The zero-order chi connectivity index (χ0) is 8.15. The smallest absolute Gasteiger partial charge is 0.189 e. The molecule has 0 unspecified atom stereocenters. The van der Waals surface area contributed by atoms with Crippen molar-refractivity contribution in [2.24, 2.45) is 5.10 Å². The fourth-order valence-corrected chi connectivity index (χ4v) is 0.548. The summed E-state index contributed by atoms with van der Waals surface area (Å²) in [7, 11) is 3.59. The van der Waals surface area contributed by atoms with Crippen LogP contribution in [0.1, 0.15) is 13.8 Å². The fourth-order valence-electron chi connectivity index (χ4n) is 0.507. The number of hydrogen-bond acceptors (Lipinski definition) is 2.